The molecule has 1 aromatic carbocycles. The number of rotatable bonds is 6. The minimum Gasteiger partial charge on any atom is -0.341 e. The molecule has 1 aliphatic rings. The van der Waals surface area contributed by atoms with Gasteiger partial charge in [0.15, 0.2) is 0 Å². The molecule has 2 rings (SSSR count). The normalized spacial score (nSPS) is 18.7. The number of hydrogen-bond donors (Lipinski definition) is 2. The quantitative estimate of drug-likeness (QED) is 0.836. The average Bonchev–Trinajstić information content (AvgIpc) is 3.00. The fourth-order valence-corrected chi connectivity index (χ4v) is 3.21. The van der Waals surface area contributed by atoms with Crippen LogP contribution in [0.5, 0.6) is 0 Å². The Balaban J connectivity index is 2.04. The highest BCUT2D eigenvalue weighted by atomic mass is 16.2. The zero-order valence-electron chi connectivity index (χ0n) is 15.1. The third kappa shape index (κ3) is 4.57. The maximum Gasteiger partial charge on any atom is 0.251 e. The number of nitrogens with one attached hydrogen (secondary N) is 2. The third-order valence-corrected chi connectivity index (χ3v) is 4.59. The molecule has 132 valence electrons. The molecular formula is C19H29N3O2. The van der Waals surface area contributed by atoms with E-state index in [2.05, 4.69) is 10.6 Å². The van der Waals surface area contributed by atoms with Crippen molar-refractivity contribution in [2.24, 2.45) is 11.8 Å². The number of aryl methyl sites for hydroxylation is 1. The lowest BCUT2D eigenvalue weighted by Gasteiger charge is -2.27. The van der Waals surface area contributed by atoms with Gasteiger partial charge in [-0.2, -0.15) is 0 Å². The number of carbonyl (C=O) groups excluding carboxylic acids is 2. The van der Waals surface area contributed by atoms with Crippen LogP contribution in [0.4, 0.5) is 0 Å². The SMILES string of the molecule is CNCC1CCN(C(=O)C(NC(=O)c2cccc(C)c2)C(C)C)C1. The van der Waals surface area contributed by atoms with Crippen LogP contribution in [0.25, 0.3) is 0 Å². The summed E-state index contributed by atoms with van der Waals surface area (Å²) in [5.74, 6) is 0.398. The molecule has 24 heavy (non-hydrogen) atoms. The lowest BCUT2D eigenvalue weighted by atomic mass is 10.0. The molecule has 2 amide bonds. The topological polar surface area (TPSA) is 61.4 Å². The fourth-order valence-electron chi connectivity index (χ4n) is 3.21. The van der Waals surface area contributed by atoms with Crippen LogP contribution >= 0.6 is 0 Å². The summed E-state index contributed by atoms with van der Waals surface area (Å²) in [4.78, 5) is 27.3. The molecule has 2 N–H and O–H groups in total. The zero-order valence-corrected chi connectivity index (χ0v) is 15.1. The molecule has 0 bridgehead atoms. The molecular weight excluding hydrogens is 302 g/mol. The van der Waals surface area contributed by atoms with Crippen molar-refractivity contribution in [2.75, 3.05) is 26.7 Å². The van der Waals surface area contributed by atoms with E-state index in [0.29, 0.717) is 11.5 Å². The Morgan fingerprint density at radius 2 is 2.08 bits per heavy atom. The Morgan fingerprint density at radius 1 is 1.33 bits per heavy atom. The number of amides is 2. The Kier molecular flexibility index (Phi) is 6.37. The van der Waals surface area contributed by atoms with Crippen molar-refractivity contribution in [1.82, 2.24) is 15.5 Å². The van der Waals surface area contributed by atoms with Crippen molar-refractivity contribution >= 4 is 11.8 Å². The Hall–Kier alpha value is -1.88. The molecule has 0 aliphatic carbocycles. The van der Waals surface area contributed by atoms with E-state index in [0.717, 1.165) is 31.6 Å². The lowest BCUT2D eigenvalue weighted by Crippen LogP contribution is -2.50. The van der Waals surface area contributed by atoms with Gasteiger partial charge in [0.1, 0.15) is 6.04 Å². The van der Waals surface area contributed by atoms with Gasteiger partial charge in [0.2, 0.25) is 5.91 Å². The molecule has 2 unspecified atom stereocenters. The van der Waals surface area contributed by atoms with Gasteiger partial charge in [-0.15, -0.1) is 0 Å². The maximum absolute atomic E-state index is 12.9. The van der Waals surface area contributed by atoms with Gasteiger partial charge in [-0.25, -0.2) is 0 Å². The first-order valence-corrected chi connectivity index (χ1v) is 8.73. The van der Waals surface area contributed by atoms with Gasteiger partial charge in [0.25, 0.3) is 5.91 Å². The van der Waals surface area contributed by atoms with Crippen molar-refractivity contribution in [3.8, 4) is 0 Å². The summed E-state index contributed by atoms with van der Waals surface area (Å²) >= 11 is 0. The van der Waals surface area contributed by atoms with Gasteiger partial charge in [-0.3, -0.25) is 9.59 Å². The summed E-state index contributed by atoms with van der Waals surface area (Å²) < 4.78 is 0. The summed E-state index contributed by atoms with van der Waals surface area (Å²) in [5.41, 5.74) is 1.63. The largest absolute Gasteiger partial charge is 0.341 e. The fraction of sp³-hybridized carbons (Fsp3) is 0.579. The smallest absolute Gasteiger partial charge is 0.251 e. The summed E-state index contributed by atoms with van der Waals surface area (Å²) in [7, 11) is 1.93. The van der Waals surface area contributed by atoms with E-state index < -0.39 is 6.04 Å². The molecule has 5 heteroatoms. The highest BCUT2D eigenvalue weighted by molar-refractivity contribution is 5.97. The van der Waals surface area contributed by atoms with Crippen molar-refractivity contribution < 1.29 is 9.59 Å². The summed E-state index contributed by atoms with van der Waals surface area (Å²) in [5, 5.41) is 6.11. The zero-order chi connectivity index (χ0) is 17.7. The van der Waals surface area contributed by atoms with Crippen molar-refractivity contribution in [2.45, 2.75) is 33.2 Å². The predicted molar refractivity (Wildman–Crippen MR) is 95.9 cm³/mol. The number of hydrogen-bond acceptors (Lipinski definition) is 3. The van der Waals surface area contributed by atoms with Crippen LogP contribution in [-0.4, -0.2) is 49.4 Å². The number of benzene rings is 1. The minimum absolute atomic E-state index is 0.0320. The van der Waals surface area contributed by atoms with Gasteiger partial charge < -0.3 is 15.5 Å². The first-order valence-electron chi connectivity index (χ1n) is 8.73. The van der Waals surface area contributed by atoms with E-state index >= 15 is 0 Å². The van der Waals surface area contributed by atoms with Crippen LogP contribution in [0.1, 0.15) is 36.2 Å². The Bertz CT molecular complexity index is 586. The van der Waals surface area contributed by atoms with Crippen LogP contribution in [0, 0.1) is 18.8 Å². The summed E-state index contributed by atoms with van der Waals surface area (Å²) in [6.07, 6.45) is 1.02. The van der Waals surface area contributed by atoms with Gasteiger partial charge in [0, 0.05) is 18.7 Å². The molecule has 1 saturated heterocycles. The molecule has 0 saturated carbocycles. The number of carbonyl (C=O) groups is 2. The first-order chi connectivity index (χ1) is 11.4. The maximum atomic E-state index is 12.9. The van der Waals surface area contributed by atoms with Gasteiger partial charge in [-0.05, 0) is 50.9 Å². The van der Waals surface area contributed by atoms with E-state index in [4.69, 9.17) is 0 Å². The molecule has 0 aromatic heterocycles. The second-order valence-corrected chi connectivity index (χ2v) is 7.06. The van der Waals surface area contributed by atoms with Crippen LogP contribution in [0.2, 0.25) is 0 Å². The van der Waals surface area contributed by atoms with Crippen molar-refractivity contribution in [1.29, 1.82) is 0 Å². The highest BCUT2D eigenvalue weighted by Gasteiger charge is 2.33. The Morgan fingerprint density at radius 3 is 2.71 bits per heavy atom. The summed E-state index contributed by atoms with van der Waals surface area (Å²) in [6.45, 7) is 8.36. The second kappa shape index (κ2) is 8.29. The van der Waals surface area contributed by atoms with Crippen LogP contribution in [0.15, 0.2) is 24.3 Å². The molecule has 1 fully saturated rings. The minimum atomic E-state index is -0.480. The molecule has 5 nitrogen and oxygen atoms in total. The van der Waals surface area contributed by atoms with E-state index in [1.807, 2.05) is 50.9 Å². The lowest BCUT2D eigenvalue weighted by molar-refractivity contribution is -0.133. The van der Waals surface area contributed by atoms with Gasteiger partial charge in [0.05, 0.1) is 0 Å². The van der Waals surface area contributed by atoms with Gasteiger partial charge >= 0.3 is 0 Å². The third-order valence-electron chi connectivity index (χ3n) is 4.59. The van der Waals surface area contributed by atoms with Crippen LogP contribution in [0.3, 0.4) is 0 Å². The molecule has 1 heterocycles. The average molecular weight is 331 g/mol. The van der Waals surface area contributed by atoms with Crippen molar-refractivity contribution in [3.63, 3.8) is 0 Å². The van der Waals surface area contributed by atoms with E-state index in [1.165, 1.54) is 0 Å². The second-order valence-electron chi connectivity index (χ2n) is 7.06. The molecule has 0 radical (unpaired) electrons. The molecule has 1 aromatic rings. The van der Waals surface area contributed by atoms with Gasteiger partial charge in [-0.1, -0.05) is 31.5 Å². The number of likely N-dealkylation sites (tertiary alicyclic amines) is 1. The summed E-state index contributed by atoms with van der Waals surface area (Å²) in [6, 6.07) is 6.96. The molecule has 2 atom stereocenters. The van der Waals surface area contributed by atoms with E-state index in [-0.39, 0.29) is 17.7 Å². The van der Waals surface area contributed by atoms with Crippen LogP contribution in [-0.2, 0) is 4.79 Å². The van der Waals surface area contributed by atoms with E-state index in [9.17, 15) is 9.59 Å². The van der Waals surface area contributed by atoms with Crippen molar-refractivity contribution in [3.05, 3.63) is 35.4 Å². The van der Waals surface area contributed by atoms with E-state index in [1.54, 1.807) is 6.07 Å². The number of nitrogens with zero attached hydrogens (tertiary/aromatic N) is 1. The monoisotopic (exact) mass is 331 g/mol. The molecule has 0 spiro atoms. The predicted octanol–water partition coefficient (Wildman–Crippen LogP) is 1.82. The molecule has 1 aliphatic heterocycles. The Labute approximate surface area is 144 Å². The standard InChI is InChI=1S/C19H29N3O2/c1-13(2)17(19(24)22-9-8-15(12-22)11-20-4)21-18(23)16-7-5-6-14(3)10-16/h5-7,10,13,15,17,20H,8-9,11-12H2,1-4H3,(H,21,23). The first kappa shape index (κ1) is 18.5. The van der Waals surface area contributed by atoms with Crippen LogP contribution < -0.4 is 10.6 Å². The highest BCUT2D eigenvalue weighted by Crippen LogP contribution is 2.18.